The molecule has 6 heteroatoms. The Kier molecular flexibility index (Phi) is 4.57. The van der Waals surface area contributed by atoms with Gasteiger partial charge in [-0.2, -0.15) is 0 Å². The molecule has 0 atom stereocenters. The molecule has 4 nitrogen and oxygen atoms in total. The molecule has 0 spiro atoms. The summed E-state index contributed by atoms with van der Waals surface area (Å²) in [7, 11) is -3.39. The Morgan fingerprint density at radius 1 is 0.433 bits per heavy atom. The van der Waals surface area contributed by atoms with Crippen LogP contribution in [0.5, 0.6) is 0 Å². The fraction of sp³-hybridized carbons (Fsp3) is 0. The highest BCUT2D eigenvalue weighted by atomic mass is 16.4. The predicted octanol–water partition coefficient (Wildman–Crippen LogP) is 2.17. The lowest BCUT2D eigenvalue weighted by atomic mass is 9.67. The summed E-state index contributed by atoms with van der Waals surface area (Å²) in [5.74, 6) is 0. The van der Waals surface area contributed by atoms with Crippen LogP contribution in [-0.4, -0.2) is 34.3 Å². The van der Waals surface area contributed by atoms with Crippen LogP contribution in [0.25, 0.3) is 43.4 Å². The van der Waals surface area contributed by atoms with E-state index in [1.807, 2.05) is 36.4 Å². The SMILES string of the molecule is OB(O)c1c2ccccc2c(B(O)O)c2cc(-c3ccc4ccccc4c3)ccc12. The zero-order valence-corrected chi connectivity index (χ0v) is 16.0. The molecule has 0 aromatic heterocycles. The van der Waals surface area contributed by atoms with E-state index in [-0.39, 0.29) is 0 Å². The van der Waals surface area contributed by atoms with E-state index in [4.69, 9.17) is 0 Å². The quantitative estimate of drug-likeness (QED) is 0.280. The van der Waals surface area contributed by atoms with Crippen molar-refractivity contribution in [1.82, 2.24) is 0 Å². The second-order valence-electron chi connectivity index (χ2n) is 7.44. The third-order valence-corrected chi connectivity index (χ3v) is 5.71. The van der Waals surface area contributed by atoms with E-state index in [9.17, 15) is 20.1 Å². The zero-order chi connectivity index (χ0) is 20.8. The van der Waals surface area contributed by atoms with E-state index in [0.717, 1.165) is 21.9 Å². The number of hydrogen-bond donors (Lipinski definition) is 4. The molecule has 30 heavy (non-hydrogen) atoms. The van der Waals surface area contributed by atoms with Crippen molar-refractivity contribution in [2.24, 2.45) is 0 Å². The number of fused-ring (bicyclic) bond motifs is 3. The number of hydrogen-bond acceptors (Lipinski definition) is 4. The van der Waals surface area contributed by atoms with Gasteiger partial charge in [0.1, 0.15) is 0 Å². The maximum absolute atomic E-state index is 10.2. The topological polar surface area (TPSA) is 80.9 Å². The van der Waals surface area contributed by atoms with Crippen molar-refractivity contribution in [3.63, 3.8) is 0 Å². The van der Waals surface area contributed by atoms with Crippen LogP contribution >= 0.6 is 0 Å². The van der Waals surface area contributed by atoms with Gasteiger partial charge in [0.15, 0.2) is 0 Å². The molecule has 4 N–H and O–H groups in total. The lowest BCUT2D eigenvalue weighted by Gasteiger charge is -2.17. The summed E-state index contributed by atoms with van der Waals surface area (Å²) in [5, 5.41) is 45.1. The molecular formula is C24H18B2O4. The van der Waals surface area contributed by atoms with Crippen LogP contribution in [0.4, 0.5) is 0 Å². The number of rotatable bonds is 3. The van der Waals surface area contributed by atoms with Crippen molar-refractivity contribution in [1.29, 1.82) is 0 Å². The molecule has 5 aromatic carbocycles. The largest absolute Gasteiger partial charge is 0.489 e. The highest BCUT2D eigenvalue weighted by Crippen LogP contribution is 2.28. The van der Waals surface area contributed by atoms with Crippen LogP contribution in [0.15, 0.2) is 84.9 Å². The first kappa shape index (κ1) is 18.9. The van der Waals surface area contributed by atoms with Crippen LogP contribution in [0.3, 0.4) is 0 Å². The van der Waals surface area contributed by atoms with Crippen LogP contribution in [0, 0.1) is 0 Å². The van der Waals surface area contributed by atoms with Gasteiger partial charge in [-0.3, -0.25) is 0 Å². The van der Waals surface area contributed by atoms with Gasteiger partial charge in [0, 0.05) is 0 Å². The van der Waals surface area contributed by atoms with Gasteiger partial charge in [-0.05, 0) is 66.5 Å². The van der Waals surface area contributed by atoms with Crippen molar-refractivity contribution < 1.29 is 20.1 Å². The number of benzene rings is 5. The Balaban J connectivity index is 1.85. The first-order chi connectivity index (χ1) is 14.5. The minimum Gasteiger partial charge on any atom is -0.423 e. The van der Waals surface area contributed by atoms with Crippen molar-refractivity contribution in [2.75, 3.05) is 0 Å². The van der Waals surface area contributed by atoms with Gasteiger partial charge in [-0.25, -0.2) is 0 Å². The molecule has 0 amide bonds. The molecule has 144 valence electrons. The molecule has 5 aromatic rings. The van der Waals surface area contributed by atoms with E-state index in [0.29, 0.717) is 32.5 Å². The van der Waals surface area contributed by atoms with Crippen LogP contribution in [0.2, 0.25) is 0 Å². The van der Waals surface area contributed by atoms with Crippen LogP contribution in [-0.2, 0) is 0 Å². The summed E-state index contributed by atoms with van der Waals surface area (Å²) in [5.41, 5.74) is 2.61. The standard InChI is InChI=1S/C24H18B2O4/c27-25(28)23-19-7-3-4-8-20(19)24(26(29)30)22-14-18(11-12-21(22)23)17-10-9-15-5-1-2-6-16(15)13-17/h1-14,27-30H. The third kappa shape index (κ3) is 2.98. The Bertz CT molecular complexity index is 1410. The fourth-order valence-corrected chi connectivity index (χ4v) is 4.35. The smallest absolute Gasteiger partial charge is 0.423 e. The van der Waals surface area contributed by atoms with E-state index in [1.165, 1.54) is 0 Å². The second-order valence-corrected chi connectivity index (χ2v) is 7.44. The molecule has 0 saturated carbocycles. The lowest BCUT2D eigenvalue weighted by molar-refractivity contribution is 0.425. The van der Waals surface area contributed by atoms with Crippen molar-refractivity contribution in [2.45, 2.75) is 0 Å². The first-order valence-electron chi connectivity index (χ1n) is 9.74. The Hall–Kier alpha value is -3.15. The van der Waals surface area contributed by atoms with E-state index >= 15 is 0 Å². The minimum absolute atomic E-state index is 0.354. The summed E-state index contributed by atoms with van der Waals surface area (Å²) in [6.07, 6.45) is 0. The van der Waals surface area contributed by atoms with Gasteiger partial charge in [0.05, 0.1) is 0 Å². The van der Waals surface area contributed by atoms with Gasteiger partial charge < -0.3 is 20.1 Å². The highest BCUT2D eigenvalue weighted by Gasteiger charge is 2.26. The minimum atomic E-state index is -1.70. The molecule has 5 rings (SSSR count). The second kappa shape index (κ2) is 7.27. The van der Waals surface area contributed by atoms with Gasteiger partial charge in [0.2, 0.25) is 0 Å². The maximum atomic E-state index is 10.2. The molecule has 0 heterocycles. The average molecular weight is 392 g/mol. The molecule has 0 fully saturated rings. The summed E-state index contributed by atoms with van der Waals surface area (Å²) in [6, 6.07) is 27.0. The van der Waals surface area contributed by atoms with Crippen molar-refractivity contribution >= 4 is 57.5 Å². The van der Waals surface area contributed by atoms with E-state index < -0.39 is 14.2 Å². The fourth-order valence-electron chi connectivity index (χ4n) is 4.35. The van der Waals surface area contributed by atoms with Gasteiger partial charge >= 0.3 is 14.2 Å². The molecule has 0 bridgehead atoms. The summed E-state index contributed by atoms with van der Waals surface area (Å²) in [4.78, 5) is 0. The third-order valence-electron chi connectivity index (χ3n) is 5.71. The van der Waals surface area contributed by atoms with Crippen molar-refractivity contribution in [3.05, 3.63) is 84.9 Å². The molecule has 0 saturated heterocycles. The highest BCUT2D eigenvalue weighted by molar-refractivity contribution is 6.71. The first-order valence-corrected chi connectivity index (χ1v) is 9.74. The van der Waals surface area contributed by atoms with Gasteiger partial charge in [-0.15, -0.1) is 0 Å². The summed E-state index contributed by atoms with van der Waals surface area (Å²) in [6.45, 7) is 0. The molecule has 0 aliphatic rings. The molecular weight excluding hydrogens is 374 g/mol. The molecule has 0 radical (unpaired) electrons. The predicted molar refractivity (Wildman–Crippen MR) is 124 cm³/mol. The monoisotopic (exact) mass is 392 g/mol. The Labute approximate surface area is 173 Å². The van der Waals surface area contributed by atoms with Crippen LogP contribution in [0.1, 0.15) is 0 Å². The average Bonchev–Trinajstić information content (AvgIpc) is 2.76. The van der Waals surface area contributed by atoms with Crippen LogP contribution < -0.4 is 10.9 Å². The van der Waals surface area contributed by atoms with Gasteiger partial charge in [-0.1, -0.05) is 72.8 Å². The summed E-state index contributed by atoms with van der Waals surface area (Å²) >= 11 is 0. The maximum Gasteiger partial charge on any atom is 0.489 e. The van der Waals surface area contributed by atoms with Gasteiger partial charge in [0.25, 0.3) is 0 Å². The molecule has 0 aliphatic carbocycles. The van der Waals surface area contributed by atoms with Crippen molar-refractivity contribution in [3.8, 4) is 11.1 Å². The molecule has 0 unspecified atom stereocenters. The Morgan fingerprint density at radius 2 is 0.933 bits per heavy atom. The van der Waals surface area contributed by atoms with E-state index in [1.54, 1.807) is 24.3 Å². The molecule has 0 aliphatic heterocycles. The summed E-state index contributed by atoms with van der Waals surface area (Å²) < 4.78 is 0. The Morgan fingerprint density at radius 3 is 1.60 bits per heavy atom. The lowest BCUT2D eigenvalue weighted by Crippen LogP contribution is -2.37. The van der Waals surface area contributed by atoms with E-state index in [2.05, 4.69) is 24.3 Å². The normalized spacial score (nSPS) is 11.3. The zero-order valence-electron chi connectivity index (χ0n) is 16.0.